The molecule has 8 nitrogen and oxygen atoms in total. The molecule has 0 fully saturated rings. The average molecular weight is 409 g/mol. The first-order valence-corrected chi connectivity index (χ1v) is 10.7. The van der Waals surface area contributed by atoms with Gasteiger partial charge in [0.05, 0.1) is 17.7 Å². The molecule has 0 saturated heterocycles. The van der Waals surface area contributed by atoms with Crippen molar-refractivity contribution in [2.75, 3.05) is 26.7 Å². The highest BCUT2D eigenvalue weighted by molar-refractivity contribution is 7.89. The number of nitrogens with zero attached hydrogens (tertiary/aromatic N) is 1. The fourth-order valence-corrected chi connectivity index (χ4v) is 3.19. The molecular formula is C19H28N4O4S. The van der Waals surface area contributed by atoms with E-state index in [0.717, 1.165) is 24.3 Å². The molecule has 0 atom stereocenters. The Kier molecular flexibility index (Phi) is 8.99. The van der Waals surface area contributed by atoms with Gasteiger partial charge in [-0.15, -0.1) is 0 Å². The Morgan fingerprint density at radius 2 is 2.07 bits per heavy atom. The maximum atomic E-state index is 11.9. The van der Waals surface area contributed by atoms with E-state index in [4.69, 9.17) is 9.15 Å². The van der Waals surface area contributed by atoms with Gasteiger partial charge in [-0.1, -0.05) is 12.1 Å². The molecule has 1 heterocycles. The molecule has 9 heteroatoms. The van der Waals surface area contributed by atoms with Crippen molar-refractivity contribution in [2.45, 2.75) is 31.4 Å². The van der Waals surface area contributed by atoms with Crippen LogP contribution in [0.4, 0.5) is 0 Å². The van der Waals surface area contributed by atoms with Crippen LogP contribution in [0.2, 0.25) is 0 Å². The van der Waals surface area contributed by atoms with Crippen LogP contribution in [0.25, 0.3) is 0 Å². The average Bonchev–Trinajstić information content (AvgIpc) is 3.22. The second-order valence-electron chi connectivity index (χ2n) is 5.96. The van der Waals surface area contributed by atoms with Crippen molar-refractivity contribution in [2.24, 2.45) is 4.99 Å². The summed E-state index contributed by atoms with van der Waals surface area (Å²) >= 11 is 0. The predicted octanol–water partition coefficient (Wildman–Crippen LogP) is 1.85. The number of furan rings is 1. The van der Waals surface area contributed by atoms with Crippen LogP contribution in [0.15, 0.2) is 57.0 Å². The van der Waals surface area contributed by atoms with E-state index in [1.807, 2.05) is 25.1 Å². The minimum absolute atomic E-state index is 0.231. The summed E-state index contributed by atoms with van der Waals surface area (Å²) in [6.45, 7) is 4.87. The topological polar surface area (TPSA) is 105 Å². The molecule has 28 heavy (non-hydrogen) atoms. The van der Waals surface area contributed by atoms with Crippen LogP contribution in [0.5, 0.6) is 0 Å². The number of ether oxygens (including phenoxy) is 1. The Labute approximate surface area is 166 Å². The SMILES string of the molecule is CCNC(=NCc1cccc(S(=O)(=O)NC)c1)NCCCOCc1ccco1. The van der Waals surface area contributed by atoms with Crippen LogP contribution in [0, 0.1) is 0 Å². The summed E-state index contributed by atoms with van der Waals surface area (Å²) in [5, 5.41) is 6.42. The molecular weight excluding hydrogens is 380 g/mol. The van der Waals surface area contributed by atoms with Gasteiger partial charge in [-0.3, -0.25) is 0 Å². The minimum Gasteiger partial charge on any atom is -0.467 e. The number of rotatable bonds is 11. The number of sulfonamides is 1. The fourth-order valence-electron chi connectivity index (χ4n) is 2.39. The molecule has 0 aliphatic heterocycles. The standard InChI is InChI=1S/C19H28N4O4S/c1-3-21-19(22-10-6-11-26-15-17-8-5-12-27-17)23-14-16-7-4-9-18(13-16)28(24,25)20-2/h4-5,7-9,12-13,20H,3,6,10-11,14-15H2,1-2H3,(H2,21,22,23). The molecule has 0 radical (unpaired) electrons. The van der Waals surface area contributed by atoms with E-state index in [1.54, 1.807) is 24.5 Å². The first kappa shape index (κ1) is 21.9. The molecule has 2 rings (SSSR count). The third kappa shape index (κ3) is 7.34. The predicted molar refractivity (Wildman–Crippen MR) is 108 cm³/mol. The maximum absolute atomic E-state index is 11.9. The fraction of sp³-hybridized carbons (Fsp3) is 0.421. The summed E-state index contributed by atoms with van der Waals surface area (Å²) in [7, 11) is -2.06. The number of guanidine groups is 1. The van der Waals surface area contributed by atoms with Crippen molar-refractivity contribution < 1.29 is 17.6 Å². The second kappa shape index (κ2) is 11.5. The van der Waals surface area contributed by atoms with Gasteiger partial charge in [0.15, 0.2) is 5.96 Å². The Balaban J connectivity index is 1.80. The molecule has 0 spiro atoms. The van der Waals surface area contributed by atoms with Gasteiger partial charge < -0.3 is 19.8 Å². The van der Waals surface area contributed by atoms with E-state index in [9.17, 15) is 8.42 Å². The van der Waals surface area contributed by atoms with Gasteiger partial charge in [0, 0.05) is 19.7 Å². The lowest BCUT2D eigenvalue weighted by Gasteiger charge is -2.11. The first-order valence-electron chi connectivity index (χ1n) is 9.20. The number of aliphatic imine (C=N–C) groups is 1. The second-order valence-corrected chi connectivity index (χ2v) is 7.85. The lowest BCUT2D eigenvalue weighted by molar-refractivity contribution is 0.105. The van der Waals surface area contributed by atoms with Crippen LogP contribution < -0.4 is 15.4 Å². The lowest BCUT2D eigenvalue weighted by atomic mass is 10.2. The molecule has 2 aromatic rings. The van der Waals surface area contributed by atoms with Crippen molar-refractivity contribution in [3.8, 4) is 0 Å². The molecule has 3 N–H and O–H groups in total. The quantitative estimate of drug-likeness (QED) is 0.298. The van der Waals surface area contributed by atoms with Crippen LogP contribution >= 0.6 is 0 Å². The molecule has 0 amide bonds. The third-order valence-electron chi connectivity index (χ3n) is 3.82. The van der Waals surface area contributed by atoms with E-state index in [-0.39, 0.29) is 4.90 Å². The summed E-state index contributed by atoms with van der Waals surface area (Å²) in [5.41, 5.74) is 0.815. The zero-order valence-electron chi connectivity index (χ0n) is 16.3. The lowest BCUT2D eigenvalue weighted by Crippen LogP contribution is -2.38. The Hall–Kier alpha value is -2.36. The Morgan fingerprint density at radius 3 is 2.79 bits per heavy atom. The van der Waals surface area contributed by atoms with E-state index in [1.165, 1.54) is 7.05 Å². The number of hydrogen-bond donors (Lipinski definition) is 3. The molecule has 154 valence electrons. The van der Waals surface area contributed by atoms with Crippen molar-refractivity contribution in [3.05, 3.63) is 54.0 Å². The van der Waals surface area contributed by atoms with Gasteiger partial charge in [0.25, 0.3) is 0 Å². The molecule has 0 unspecified atom stereocenters. The van der Waals surface area contributed by atoms with Crippen LogP contribution in [0.1, 0.15) is 24.7 Å². The zero-order valence-corrected chi connectivity index (χ0v) is 17.1. The van der Waals surface area contributed by atoms with Gasteiger partial charge in [0.1, 0.15) is 12.4 Å². The molecule has 1 aromatic carbocycles. The summed E-state index contributed by atoms with van der Waals surface area (Å²) in [5.74, 6) is 1.49. The van der Waals surface area contributed by atoms with Crippen LogP contribution in [0.3, 0.4) is 0 Å². The maximum Gasteiger partial charge on any atom is 0.240 e. The minimum atomic E-state index is -3.46. The van der Waals surface area contributed by atoms with Crippen molar-refractivity contribution in [1.29, 1.82) is 0 Å². The number of benzene rings is 1. The van der Waals surface area contributed by atoms with Crippen molar-refractivity contribution in [3.63, 3.8) is 0 Å². The van der Waals surface area contributed by atoms with Gasteiger partial charge in [-0.05, 0) is 50.2 Å². The molecule has 0 saturated carbocycles. The van der Waals surface area contributed by atoms with E-state index >= 15 is 0 Å². The Bertz CT molecular complexity index is 835. The molecule has 1 aromatic heterocycles. The van der Waals surface area contributed by atoms with Crippen LogP contribution in [-0.4, -0.2) is 41.1 Å². The summed E-state index contributed by atoms with van der Waals surface area (Å²) in [4.78, 5) is 4.75. The van der Waals surface area contributed by atoms with E-state index in [2.05, 4.69) is 20.3 Å². The first-order chi connectivity index (χ1) is 13.5. The van der Waals surface area contributed by atoms with Gasteiger partial charge >= 0.3 is 0 Å². The Morgan fingerprint density at radius 1 is 1.21 bits per heavy atom. The van der Waals surface area contributed by atoms with Gasteiger partial charge in [-0.2, -0.15) is 0 Å². The van der Waals surface area contributed by atoms with Gasteiger partial charge in [0.2, 0.25) is 10.0 Å². The monoisotopic (exact) mass is 408 g/mol. The third-order valence-corrected chi connectivity index (χ3v) is 5.24. The molecule has 0 aliphatic rings. The zero-order chi connectivity index (χ0) is 20.2. The highest BCUT2D eigenvalue weighted by Gasteiger charge is 2.11. The summed E-state index contributed by atoms with van der Waals surface area (Å²) < 4.78 is 36.9. The molecule has 0 bridgehead atoms. The van der Waals surface area contributed by atoms with Crippen LogP contribution in [-0.2, 0) is 27.9 Å². The summed E-state index contributed by atoms with van der Waals surface area (Å²) in [6.07, 6.45) is 2.45. The number of hydrogen-bond acceptors (Lipinski definition) is 5. The van der Waals surface area contributed by atoms with Crippen molar-refractivity contribution in [1.82, 2.24) is 15.4 Å². The number of nitrogens with one attached hydrogen (secondary N) is 3. The smallest absolute Gasteiger partial charge is 0.240 e. The van der Waals surface area contributed by atoms with Gasteiger partial charge in [-0.25, -0.2) is 18.1 Å². The largest absolute Gasteiger partial charge is 0.467 e. The molecule has 0 aliphatic carbocycles. The van der Waals surface area contributed by atoms with E-state index in [0.29, 0.717) is 32.3 Å². The van der Waals surface area contributed by atoms with E-state index < -0.39 is 10.0 Å². The normalized spacial score (nSPS) is 12.1. The highest BCUT2D eigenvalue weighted by atomic mass is 32.2. The highest BCUT2D eigenvalue weighted by Crippen LogP contribution is 2.11. The van der Waals surface area contributed by atoms with Crippen molar-refractivity contribution >= 4 is 16.0 Å². The summed E-state index contributed by atoms with van der Waals surface area (Å²) in [6, 6.07) is 10.5.